The number of aliphatic imine (C=N–C) groups is 1. The molecule has 1 aliphatic carbocycles. The lowest BCUT2D eigenvalue weighted by molar-refractivity contribution is -0.123. The fraction of sp³-hybridized carbons (Fsp3) is 0.474. The molecule has 28 heavy (non-hydrogen) atoms. The number of amides is 1. The van der Waals surface area contributed by atoms with E-state index in [1.165, 1.54) is 6.33 Å². The minimum atomic E-state index is -0.0756. The largest absolute Gasteiger partial charge is 0.484 e. The van der Waals surface area contributed by atoms with E-state index in [1.807, 2.05) is 38.2 Å². The molecule has 1 fully saturated rings. The van der Waals surface area contributed by atoms with Gasteiger partial charge in [0.1, 0.15) is 17.9 Å². The van der Waals surface area contributed by atoms with Crippen molar-refractivity contribution < 1.29 is 9.53 Å². The molecule has 9 nitrogen and oxygen atoms in total. The van der Waals surface area contributed by atoms with Gasteiger partial charge in [0.2, 0.25) is 0 Å². The molecule has 9 heteroatoms. The van der Waals surface area contributed by atoms with E-state index in [0.717, 1.165) is 30.8 Å². The molecule has 2 aromatic rings. The van der Waals surface area contributed by atoms with Crippen LogP contribution in [0.2, 0.25) is 0 Å². The number of carbonyl (C=O) groups excluding carboxylic acids is 1. The van der Waals surface area contributed by atoms with Crippen molar-refractivity contribution in [3.8, 4) is 5.75 Å². The molecule has 0 spiro atoms. The number of hydrogen-bond acceptors (Lipinski definition) is 5. The van der Waals surface area contributed by atoms with Crippen LogP contribution in [0, 0.1) is 0 Å². The Hall–Kier alpha value is -3.10. The summed E-state index contributed by atoms with van der Waals surface area (Å²) in [7, 11) is 1.85. The summed E-state index contributed by atoms with van der Waals surface area (Å²) in [6.07, 6.45) is 3.66. The van der Waals surface area contributed by atoms with Crippen molar-refractivity contribution in [3.63, 3.8) is 0 Å². The number of ether oxygens (including phenoxy) is 1. The van der Waals surface area contributed by atoms with Crippen molar-refractivity contribution in [3.05, 3.63) is 42.0 Å². The lowest BCUT2D eigenvalue weighted by atomic mass is 10.2. The van der Waals surface area contributed by atoms with E-state index in [4.69, 9.17) is 4.74 Å². The molecule has 0 bridgehead atoms. The van der Waals surface area contributed by atoms with Crippen LogP contribution < -0.4 is 20.7 Å². The monoisotopic (exact) mass is 385 g/mol. The number of aromatic nitrogens is 3. The molecule has 0 saturated heterocycles. The van der Waals surface area contributed by atoms with E-state index in [2.05, 4.69) is 31.0 Å². The predicted molar refractivity (Wildman–Crippen MR) is 106 cm³/mol. The molecular formula is C19H27N7O2. The second-order valence-electron chi connectivity index (χ2n) is 6.63. The Morgan fingerprint density at radius 2 is 2.21 bits per heavy atom. The average Bonchev–Trinajstić information content (AvgIpc) is 3.41. The number of guanidine groups is 1. The van der Waals surface area contributed by atoms with Gasteiger partial charge in [-0.2, -0.15) is 5.10 Å². The number of nitrogens with one attached hydrogen (secondary N) is 3. The van der Waals surface area contributed by atoms with Gasteiger partial charge in [0.05, 0.1) is 13.1 Å². The van der Waals surface area contributed by atoms with Crippen molar-refractivity contribution in [2.45, 2.75) is 38.9 Å². The summed E-state index contributed by atoms with van der Waals surface area (Å²) in [6, 6.07) is 7.97. The van der Waals surface area contributed by atoms with E-state index < -0.39 is 0 Å². The van der Waals surface area contributed by atoms with Crippen LogP contribution in [0.4, 0.5) is 0 Å². The van der Waals surface area contributed by atoms with Crippen LogP contribution in [0.25, 0.3) is 0 Å². The highest BCUT2D eigenvalue weighted by Gasteiger charge is 2.23. The normalized spacial score (nSPS) is 13.9. The highest BCUT2D eigenvalue weighted by Crippen LogP contribution is 2.18. The zero-order valence-corrected chi connectivity index (χ0v) is 16.3. The second-order valence-corrected chi connectivity index (χ2v) is 6.63. The first-order valence-electron chi connectivity index (χ1n) is 9.50. The third-order valence-corrected chi connectivity index (χ3v) is 4.19. The van der Waals surface area contributed by atoms with Crippen LogP contribution in [-0.2, 0) is 24.9 Å². The first-order chi connectivity index (χ1) is 13.6. The number of benzene rings is 1. The average molecular weight is 385 g/mol. The van der Waals surface area contributed by atoms with Gasteiger partial charge in [-0.25, -0.2) is 9.98 Å². The number of carbonyl (C=O) groups is 1. The minimum Gasteiger partial charge on any atom is -0.484 e. The molecule has 150 valence electrons. The Morgan fingerprint density at radius 3 is 2.93 bits per heavy atom. The third kappa shape index (κ3) is 6.26. The molecule has 1 aliphatic rings. The van der Waals surface area contributed by atoms with Crippen LogP contribution in [0.5, 0.6) is 5.75 Å². The standard InChI is InChI=1S/C19H27N7O2/c1-3-20-19(22-11-17-23-13-24-26(17)2)21-10-14-5-4-6-16(9-14)28-12-18(27)25-15-7-8-15/h4-6,9,13,15H,3,7-8,10-12H2,1-2H3,(H,25,27)(H2,20,21,22). The highest BCUT2D eigenvalue weighted by molar-refractivity contribution is 5.79. The molecule has 0 unspecified atom stereocenters. The second kappa shape index (κ2) is 9.72. The van der Waals surface area contributed by atoms with Crippen LogP contribution in [0.15, 0.2) is 35.6 Å². The Bertz CT molecular complexity index is 814. The van der Waals surface area contributed by atoms with E-state index in [1.54, 1.807) is 4.68 Å². The molecule has 1 aromatic carbocycles. The molecule has 1 aromatic heterocycles. The maximum absolute atomic E-state index is 11.7. The van der Waals surface area contributed by atoms with Crippen molar-refractivity contribution in [1.29, 1.82) is 0 Å². The van der Waals surface area contributed by atoms with Gasteiger partial charge in [-0.3, -0.25) is 9.48 Å². The molecule has 1 amide bonds. The van der Waals surface area contributed by atoms with Crippen molar-refractivity contribution >= 4 is 11.9 Å². The Labute approximate surface area is 164 Å². The van der Waals surface area contributed by atoms with Gasteiger partial charge in [0.25, 0.3) is 5.91 Å². The predicted octanol–water partition coefficient (Wildman–Crippen LogP) is 0.728. The lowest BCUT2D eigenvalue weighted by Crippen LogP contribution is -2.37. The zero-order valence-electron chi connectivity index (χ0n) is 16.3. The quantitative estimate of drug-likeness (QED) is 0.434. The lowest BCUT2D eigenvalue weighted by Gasteiger charge is -2.11. The van der Waals surface area contributed by atoms with Crippen LogP contribution in [0.3, 0.4) is 0 Å². The Balaban J connectivity index is 1.52. The third-order valence-electron chi connectivity index (χ3n) is 4.19. The summed E-state index contributed by atoms with van der Waals surface area (Å²) in [4.78, 5) is 20.5. The maximum Gasteiger partial charge on any atom is 0.258 e. The van der Waals surface area contributed by atoms with Crippen molar-refractivity contribution in [2.24, 2.45) is 12.0 Å². The van der Waals surface area contributed by atoms with Gasteiger partial charge in [0.15, 0.2) is 12.6 Å². The summed E-state index contributed by atoms with van der Waals surface area (Å²) < 4.78 is 7.31. The van der Waals surface area contributed by atoms with Gasteiger partial charge in [-0.15, -0.1) is 0 Å². The van der Waals surface area contributed by atoms with Gasteiger partial charge in [-0.1, -0.05) is 12.1 Å². The summed E-state index contributed by atoms with van der Waals surface area (Å²) in [5, 5.41) is 13.4. The molecule has 0 aliphatic heterocycles. The molecule has 1 saturated carbocycles. The molecule has 1 heterocycles. The van der Waals surface area contributed by atoms with E-state index in [9.17, 15) is 4.79 Å². The molecular weight excluding hydrogens is 358 g/mol. The first kappa shape index (κ1) is 19.7. The van der Waals surface area contributed by atoms with E-state index in [0.29, 0.717) is 30.8 Å². The molecule has 3 N–H and O–H groups in total. The Kier molecular flexibility index (Phi) is 6.83. The molecule has 0 atom stereocenters. The van der Waals surface area contributed by atoms with Gasteiger partial charge in [0, 0.05) is 19.6 Å². The summed E-state index contributed by atoms with van der Waals surface area (Å²) in [5.41, 5.74) is 0.996. The SMILES string of the molecule is CCNC(=NCc1cccc(OCC(=O)NC2CC2)c1)NCc1ncnn1C. The first-order valence-corrected chi connectivity index (χ1v) is 9.50. The van der Waals surface area contributed by atoms with Gasteiger partial charge < -0.3 is 20.7 Å². The van der Waals surface area contributed by atoms with E-state index in [-0.39, 0.29) is 12.5 Å². The van der Waals surface area contributed by atoms with Crippen LogP contribution in [0.1, 0.15) is 31.2 Å². The number of hydrogen-bond donors (Lipinski definition) is 3. The summed E-state index contributed by atoms with van der Waals surface area (Å²) >= 11 is 0. The molecule has 3 rings (SSSR count). The smallest absolute Gasteiger partial charge is 0.258 e. The maximum atomic E-state index is 11.7. The van der Waals surface area contributed by atoms with E-state index >= 15 is 0 Å². The fourth-order valence-electron chi connectivity index (χ4n) is 2.53. The summed E-state index contributed by atoms with van der Waals surface area (Å²) in [5.74, 6) is 2.11. The fourth-order valence-corrected chi connectivity index (χ4v) is 2.53. The Morgan fingerprint density at radius 1 is 1.36 bits per heavy atom. The topological polar surface area (TPSA) is 105 Å². The minimum absolute atomic E-state index is 0.0329. The summed E-state index contributed by atoms with van der Waals surface area (Å²) in [6.45, 7) is 3.82. The number of rotatable bonds is 9. The van der Waals surface area contributed by atoms with Crippen LogP contribution in [-0.4, -0.2) is 45.8 Å². The molecule has 0 radical (unpaired) electrons. The zero-order chi connectivity index (χ0) is 19.8. The van der Waals surface area contributed by atoms with Gasteiger partial charge in [-0.05, 0) is 37.5 Å². The van der Waals surface area contributed by atoms with Crippen LogP contribution >= 0.6 is 0 Å². The van der Waals surface area contributed by atoms with Crippen molar-refractivity contribution in [1.82, 2.24) is 30.7 Å². The van der Waals surface area contributed by atoms with Gasteiger partial charge >= 0.3 is 0 Å². The number of aryl methyl sites for hydroxylation is 1. The van der Waals surface area contributed by atoms with Crippen molar-refractivity contribution in [2.75, 3.05) is 13.2 Å². The number of nitrogens with zero attached hydrogens (tertiary/aromatic N) is 4. The highest BCUT2D eigenvalue weighted by atomic mass is 16.5.